The molecule has 3 N–H and O–H groups in total. The first-order valence-electron chi connectivity index (χ1n) is 9.63. The average Bonchev–Trinajstić information content (AvgIpc) is 3.13. The largest absolute Gasteiger partial charge is 0.369 e. The second-order valence-electron chi connectivity index (χ2n) is 7.17. The fraction of sp³-hybridized carbons (Fsp3) is 0.579. The number of benzene rings is 1. The van der Waals surface area contributed by atoms with E-state index in [1.807, 2.05) is 10.7 Å². The number of nitrogens with one attached hydrogen (secondary N) is 1. The Balaban J connectivity index is 1.69. The molecule has 7 heteroatoms. The maximum Gasteiger partial charge on any atom is 0.220 e. The highest BCUT2D eigenvalue weighted by atomic mass is 16.1. The lowest BCUT2D eigenvalue weighted by molar-refractivity contribution is -0.938. The van der Waals surface area contributed by atoms with Crippen molar-refractivity contribution in [3.63, 3.8) is 0 Å². The summed E-state index contributed by atoms with van der Waals surface area (Å²) in [6, 6.07) is 10.7. The van der Waals surface area contributed by atoms with Crippen molar-refractivity contribution in [3.8, 4) is 0 Å². The van der Waals surface area contributed by atoms with Crippen molar-refractivity contribution in [2.24, 2.45) is 11.7 Å². The second kappa shape index (κ2) is 8.89. The molecule has 0 radical (unpaired) electrons. The SMILES string of the molecule is CCC[C@H](c1nnnn1CCc1ccccc1)[NH+]1CCC(C(N)=O)CC1. The third-order valence-corrected chi connectivity index (χ3v) is 5.43. The van der Waals surface area contributed by atoms with E-state index in [1.165, 1.54) is 10.5 Å². The van der Waals surface area contributed by atoms with E-state index in [-0.39, 0.29) is 17.9 Å². The molecule has 0 spiro atoms. The fourth-order valence-corrected chi connectivity index (χ4v) is 3.93. The summed E-state index contributed by atoms with van der Waals surface area (Å²) in [7, 11) is 0. The number of likely N-dealkylation sites (tertiary alicyclic amines) is 1. The van der Waals surface area contributed by atoms with Gasteiger partial charge >= 0.3 is 0 Å². The van der Waals surface area contributed by atoms with Gasteiger partial charge in [0.1, 0.15) is 6.04 Å². The Kier molecular flexibility index (Phi) is 6.33. The average molecular weight is 357 g/mol. The molecule has 1 aliphatic heterocycles. The number of aryl methyl sites for hydroxylation is 2. The van der Waals surface area contributed by atoms with Crippen molar-refractivity contribution in [3.05, 3.63) is 41.7 Å². The molecule has 1 aromatic carbocycles. The van der Waals surface area contributed by atoms with Gasteiger partial charge in [0.25, 0.3) is 0 Å². The molecular formula is C19H29N6O+. The predicted octanol–water partition coefficient (Wildman–Crippen LogP) is 0.537. The van der Waals surface area contributed by atoms with Gasteiger partial charge in [-0.1, -0.05) is 43.7 Å². The summed E-state index contributed by atoms with van der Waals surface area (Å²) >= 11 is 0. The van der Waals surface area contributed by atoms with Crippen LogP contribution in [-0.2, 0) is 17.8 Å². The highest BCUT2D eigenvalue weighted by Crippen LogP contribution is 2.16. The normalized spacial score (nSPS) is 21.4. The number of quaternary nitrogens is 1. The van der Waals surface area contributed by atoms with E-state index in [9.17, 15) is 4.79 Å². The summed E-state index contributed by atoms with van der Waals surface area (Å²) in [4.78, 5) is 12.9. The number of amides is 1. The number of nitrogens with zero attached hydrogens (tertiary/aromatic N) is 4. The first-order valence-corrected chi connectivity index (χ1v) is 9.63. The molecular weight excluding hydrogens is 328 g/mol. The lowest BCUT2D eigenvalue weighted by atomic mass is 9.94. The minimum atomic E-state index is -0.163. The number of carbonyl (C=O) groups is 1. The number of aromatic nitrogens is 4. The van der Waals surface area contributed by atoms with Crippen molar-refractivity contribution in [1.29, 1.82) is 0 Å². The van der Waals surface area contributed by atoms with Gasteiger partial charge in [0, 0.05) is 31.7 Å². The standard InChI is InChI=1S/C19H28N6O/c1-2-6-17(24-12-10-16(11-13-24)18(20)26)19-21-22-23-25(19)14-9-15-7-4-3-5-8-15/h3-5,7-8,16-17H,2,6,9-14H2,1H3,(H2,20,26)/p+1/t17-/m1/s1. The van der Waals surface area contributed by atoms with Crippen LogP contribution < -0.4 is 10.6 Å². The number of tetrazole rings is 1. The summed E-state index contributed by atoms with van der Waals surface area (Å²) in [5, 5.41) is 12.6. The number of piperidine rings is 1. The van der Waals surface area contributed by atoms with Crippen LogP contribution in [0, 0.1) is 5.92 Å². The van der Waals surface area contributed by atoms with Gasteiger partial charge < -0.3 is 10.6 Å². The Hall–Kier alpha value is -2.28. The summed E-state index contributed by atoms with van der Waals surface area (Å²) in [6.07, 6.45) is 4.75. The molecule has 0 unspecified atom stereocenters. The smallest absolute Gasteiger partial charge is 0.220 e. The number of nitrogens with two attached hydrogens (primary N) is 1. The number of hydrogen-bond donors (Lipinski definition) is 2. The van der Waals surface area contributed by atoms with Crippen LogP contribution in [0.25, 0.3) is 0 Å². The van der Waals surface area contributed by atoms with Crippen LogP contribution in [0.3, 0.4) is 0 Å². The molecule has 0 saturated carbocycles. The minimum Gasteiger partial charge on any atom is -0.369 e. The van der Waals surface area contributed by atoms with Crippen LogP contribution in [0.2, 0.25) is 0 Å². The Labute approximate surface area is 154 Å². The summed E-state index contributed by atoms with van der Waals surface area (Å²) < 4.78 is 1.96. The zero-order valence-corrected chi connectivity index (χ0v) is 15.5. The van der Waals surface area contributed by atoms with Gasteiger partial charge in [-0.15, -0.1) is 5.10 Å². The first kappa shape index (κ1) is 18.5. The van der Waals surface area contributed by atoms with Crippen molar-refractivity contribution >= 4 is 5.91 Å². The minimum absolute atomic E-state index is 0.0232. The highest BCUT2D eigenvalue weighted by Gasteiger charge is 2.34. The first-order chi connectivity index (χ1) is 12.7. The van der Waals surface area contributed by atoms with Crippen LogP contribution in [0.5, 0.6) is 0 Å². The van der Waals surface area contributed by atoms with Crippen LogP contribution in [-0.4, -0.2) is 39.2 Å². The summed E-state index contributed by atoms with van der Waals surface area (Å²) in [6.45, 7) is 4.87. The fourth-order valence-electron chi connectivity index (χ4n) is 3.93. The van der Waals surface area contributed by atoms with E-state index in [0.29, 0.717) is 0 Å². The molecule has 1 amide bonds. The van der Waals surface area contributed by atoms with Gasteiger partial charge in [0.15, 0.2) is 0 Å². The van der Waals surface area contributed by atoms with E-state index in [1.54, 1.807) is 0 Å². The van der Waals surface area contributed by atoms with E-state index < -0.39 is 0 Å². The van der Waals surface area contributed by atoms with Gasteiger partial charge in [-0.25, -0.2) is 4.68 Å². The van der Waals surface area contributed by atoms with Gasteiger partial charge in [0.05, 0.1) is 13.1 Å². The second-order valence-corrected chi connectivity index (χ2v) is 7.17. The number of carbonyl (C=O) groups excluding carboxylic acids is 1. The van der Waals surface area contributed by atoms with Crippen molar-refractivity contribution in [2.75, 3.05) is 13.1 Å². The summed E-state index contributed by atoms with van der Waals surface area (Å²) in [5.41, 5.74) is 6.76. The molecule has 2 heterocycles. The highest BCUT2D eigenvalue weighted by molar-refractivity contribution is 5.76. The zero-order valence-electron chi connectivity index (χ0n) is 15.5. The molecule has 3 rings (SSSR count). The van der Waals surface area contributed by atoms with E-state index >= 15 is 0 Å². The van der Waals surface area contributed by atoms with Crippen LogP contribution in [0.4, 0.5) is 0 Å². The van der Waals surface area contributed by atoms with E-state index in [4.69, 9.17) is 5.73 Å². The Morgan fingerprint density at radius 1 is 1.31 bits per heavy atom. The molecule has 2 aromatic rings. The molecule has 0 aliphatic carbocycles. The molecule has 7 nitrogen and oxygen atoms in total. The Bertz CT molecular complexity index is 693. The van der Waals surface area contributed by atoms with Crippen molar-refractivity contribution in [1.82, 2.24) is 20.2 Å². The van der Waals surface area contributed by atoms with Gasteiger partial charge in [-0.05, 0) is 22.4 Å². The topological polar surface area (TPSA) is 91.1 Å². The van der Waals surface area contributed by atoms with Crippen molar-refractivity contribution in [2.45, 2.75) is 51.6 Å². The molecule has 140 valence electrons. The quantitative estimate of drug-likeness (QED) is 0.721. The van der Waals surface area contributed by atoms with E-state index in [0.717, 1.165) is 57.6 Å². The Morgan fingerprint density at radius 2 is 2.04 bits per heavy atom. The van der Waals surface area contributed by atoms with Gasteiger partial charge in [-0.3, -0.25) is 4.79 Å². The number of hydrogen-bond acceptors (Lipinski definition) is 4. The lowest BCUT2D eigenvalue weighted by Gasteiger charge is -2.33. The Morgan fingerprint density at radius 3 is 2.69 bits per heavy atom. The maximum atomic E-state index is 11.4. The van der Waals surface area contributed by atoms with E-state index in [2.05, 4.69) is 46.7 Å². The monoisotopic (exact) mass is 357 g/mol. The number of primary amides is 1. The molecule has 26 heavy (non-hydrogen) atoms. The predicted molar refractivity (Wildman–Crippen MR) is 98.2 cm³/mol. The van der Waals surface area contributed by atoms with Crippen LogP contribution in [0.1, 0.15) is 50.0 Å². The summed E-state index contributed by atoms with van der Waals surface area (Å²) in [5.74, 6) is 0.828. The lowest BCUT2D eigenvalue weighted by Crippen LogP contribution is -3.13. The molecule has 1 aliphatic rings. The molecule has 1 atom stereocenters. The molecule has 1 fully saturated rings. The third-order valence-electron chi connectivity index (χ3n) is 5.43. The zero-order chi connectivity index (χ0) is 18.4. The van der Waals surface area contributed by atoms with Gasteiger partial charge in [-0.2, -0.15) is 0 Å². The van der Waals surface area contributed by atoms with Crippen molar-refractivity contribution < 1.29 is 9.69 Å². The molecule has 1 saturated heterocycles. The molecule has 1 aromatic heterocycles. The van der Waals surface area contributed by atoms with Gasteiger partial charge in [0.2, 0.25) is 11.7 Å². The number of rotatable bonds is 8. The van der Waals surface area contributed by atoms with Crippen LogP contribution in [0.15, 0.2) is 30.3 Å². The third kappa shape index (κ3) is 4.46. The maximum absolute atomic E-state index is 11.4. The van der Waals surface area contributed by atoms with Crippen LogP contribution >= 0.6 is 0 Å². The molecule has 0 bridgehead atoms.